The van der Waals surface area contributed by atoms with Crippen LogP contribution in [0.4, 0.5) is 5.69 Å². The zero-order chi connectivity index (χ0) is 16.2. The lowest BCUT2D eigenvalue weighted by Crippen LogP contribution is -2.49. The summed E-state index contributed by atoms with van der Waals surface area (Å²) >= 11 is 0. The summed E-state index contributed by atoms with van der Waals surface area (Å²) in [6.07, 6.45) is 0.361. The van der Waals surface area contributed by atoms with Gasteiger partial charge in [-0.3, -0.25) is 4.79 Å². The molecule has 1 aliphatic rings. The third kappa shape index (κ3) is 3.74. The van der Waals surface area contributed by atoms with E-state index in [1.165, 1.54) is 0 Å². The summed E-state index contributed by atoms with van der Waals surface area (Å²) in [5.41, 5.74) is 1.97. The van der Waals surface area contributed by atoms with Gasteiger partial charge in [-0.25, -0.2) is 0 Å². The van der Waals surface area contributed by atoms with Crippen LogP contribution >= 0.6 is 0 Å². The maximum absolute atomic E-state index is 12.4. The molecule has 2 N–H and O–H groups in total. The lowest BCUT2D eigenvalue weighted by molar-refractivity contribution is -0.130. The monoisotopic (exact) mass is 312 g/mol. The molecule has 2 aromatic rings. The minimum Gasteiger partial charge on any atom is -0.508 e. The lowest BCUT2D eigenvalue weighted by Gasteiger charge is -2.36. The van der Waals surface area contributed by atoms with Crippen molar-refractivity contribution >= 4 is 11.6 Å². The van der Waals surface area contributed by atoms with E-state index >= 15 is 0 Å². The van der Waals surface area contributed by atoms with Crippen molar-refractivity contribution in [3.05, 3.63) is 54.1 Å². The number of phenolic OH excluding ortho intramolecular Hbond substituents is 2. The summed E-state index contributed by atoms with van der Waals surface area (Å²) in [7, 11) is 0. The Morgan fingerprint density at radius 3 is 1.91 bits per heavy atom. The Hall–Kier alpha value is -2.69. The van der Waals surface area contributed by atoms with E-state index in [1.807, 2.05) is 17.0 Å². The van der Waals surface area contributed by atoms with Crippen molar-refractivity contribution in [3.63, 3.8) is 0 Å². The van der Waals surface area contributed by atoms with Crippen LogP contribution in [-0.4, -0.2) is 47.2 Å². The highest BCUT2D eigenvalue weighted by Gasteiger charge is 2.21. The number of carbonyl (C=O) groups is 1. The normalized spacial score (nSPS) is 14.8. The van der Waals surface area contributed by atoms with Crippen LogP contribution in [0.2, 0.25) is 0 Å². The topological polar surface area (TPSA) is 64.0 Å². The van der Waals surface area contributed by atoms with Gasteiger partial charge in [-0.15, -0.1) is 0 Å². The first-order valence-electron chi connectivity index (χ1n) is 7.71. The number of nitrogens with zero attached hydrogens (tertiary/aromatic N) is 2. The zero-order valence-corrected chi connectivity index (χ0v) is 12.9. The molecule has 1 amide bonds. The Labute approximate surface area is 135 Å². The number of hydrogen-bond acceptors (Lipinski definition) is 4. The van der Waals surface area contributed by atoms with Gasteiger partial charge in [0.1, 0.15) is 11.5 Å². The quantitative estimate of drug-likeness (QED) is 0.910. The SMILES string of the molecule is O=C(Cc1ccc(O)cc1)N1CCN(c2ccc(O)cc2)CC1. The smallest absolute Gasteiger partial charge is 0.227 e. The second-order valence-corrected chi connectivity index (χ2v) is 5.73. The highest BCUT2D eigenvalue weighted by Crippen LogP contribution is 2.20. The summed E-state index contributed by atoms with van der Waals surface area (Å²) in [4.78, 5) is 16.4. The first-order valence-corrected chi connectivity index (χ1v) is 7.71. The molecule has 5 nitrogen and oxygen atoms in total. The number of aromatic hydroxyl groups is 2. The van der Waals surface area contributed by atoms with Crippen molar-refractivity contribution in [2.75, 3.05) is 31.1 Å². The first kappa shape index (κ1) is 15.2. The molecule has 3 rings (SSSR count). The van der Waals surface area contributed by atoms with E-state index in [0.717, 1.165) is 24.3 Å². The zero-order valence-electron chi connectivity index (χ0n) is 12.9. The summed E-state index contributed by atoms with van der Waals surface area (Å²) < 4.78 is 0. The van der Waals surface area contributed by atoms with Crippen LogP contribution in [0.15, 0.2) is 48.5 Å². The van der Waals surface area contributed by atoms with Crippen LogP contribution in [0.1, 0.15) is 5.56 Å². The molecule has 120 valence electrons. The Kier molecular flexibility index (Phi) is 4.37. The molecule has 1 saturated heterocycles. The molecular weight excluding hydrogens is 292 g/mol. The molecule has 1 heterocycles. The van der Waals surface area contributed by atoms with Crippen LogP contribution < -0.4 is 4.90 Å². The van der Waals surface area contributed by atoms with E-state index in [9.17, 15) is 15.0 Å². The van der Waals surface area contributed by atoms with Crippen LogP contribution in [0, 0.1) is 0 Å². The molecule has 0 bridgehead atoms. The minimum absolute atomic E-state index is 0.112. The Balaban J connectivity index is 1.54. The average Bonchev–Trinajstić information content (AvgIpc) is 2.58. The average molecular weight is 312 g/mol. The third-order valence-corrected chi connectivity index (χ3v) is 4.14. The molecule has 5 heteroatoms. The van der Waals surface area contributed by atoms with E-state index in [2.05, 4.69) is 4.90 Å². The fourth-order valence-electron chi connectivity index (χ4n) is 2.78. The van der Waals surface area contributed by atoms with E-state index in [0.29, 0.717) is 19.5 Å². The summed E-state index contributed by atoms with van der Waals surface area (Å²) in [5.74, 6) is 0.584. The summed E-state index contributed by atoms with van der Waals surface area (Å²) in [6, 6.07) is 13.9. The number of amides is 1. The van der Waals surface area contributed by atoms with Gasteiger partial charge in [-0.1, -0.05) is 12.1 Å². The number of piperazine rings is 1. The Bertz CT molecular complexity index is 660. The molecule has 1 fully saturated rings. The van der Waals surface area contributed by atoms with Gasteiger partial charge < -0.3 is 20.0 Å². The van der Waals surface area contributed by atoms with Crippen LogP contribution in [0.25, 0.3) is 0 Å². The summed E-state index contributed by atoms with van der Waals surface area (Å²) in [5, 5.41) is 18.6. The first-order chi connectivity index (χ1) is 11.1. The summed E-state index contributed by atoms with van der Waals surface area (Å²) in [6.45, 7) is 2.95. The van der Waals surface area contributed by atoms with Gasteiger partial charge in [0.15, 0.2) is 0 Å². The standard InChI is InChI=1S/C18H20N2O3/c21-16-5-1-14(2-6-16)13-18(23)20-11-9-19(10-12-20)15-3-7-17(22)8-4-15/h1-8,21-22H,9-13H2. The molecule has 1 aliphatic heterocycles. The fourth-order valence-corrected chi connectivity index (χ4v) is 2.78. The predicted molar refractivity (Wildman–Crippen MR) is 88.7 cm³/mol. The van der Waals surface area contributed by atoms with Gasteiger partial charge in [0.25, 0.3) is 0 Å². The van der Waals surface area contributed by atoms with Gasteiger partial charge in [0.05, 0.1) is 6.42 Å². The van der Waals surface area contributed by atoms with Crippen molar-refractivity contribution in [2.45, 2.75) is 6.42 Å². The number of rotatable bonds is 3. The van der Waals surface area contributed by atoms with E-state index in [-0.39, 0.29) is 17.4 Å². The van der Waals surface area contributed by atoms with Gasteiger partial charge in [0.2, 0.25) is 5.91 Å². The molecule has 0 radical (unpaired) electrons. The lowest BCUT2D eigenvalue weighted by atomic mass is 10.1. The molecule has 0 aromatic heterocycles. The molecule has 2 aromatic carbocycles. The van der Waals surface area contributed by atoms with E-state index in [1.54, 1.807) is 36.4 Å². The predicted octanol–water partition coefficient (Wildman–Crippen LogP) is 1.99. The van der Waals surface area contributed by atoms with Crippen molar-refractivity contribution in [3.8, 4) is 11.5 Å². The number of hydrogen-bond donors (Lipinski definition) is 2. The molecule has 0 aliphatic carbocycles. The maximum atomic E-state index is 12.4. The molecular formula is C18H20N2O3. The van der Waals surface area contributed by atoms with Crippen molar-refractivity contribution in [1.29, 1.82) is 0 Å². The molecule has 0 unspecified atom stereocenters. The van der Waals surface area contributed by atoms with Gasteiger partial charge in [0, 0.05) is 31.9 Å². The molecule has 0 saturated carbocycles. The van der Waals surface area contributed by atoms with Crippen molar-refractivity contribution < 1.29 is 15.0 Å². The number of carbonyl (C=O) groups excluding carboxylic acids is 1. The minimum atomic E-state index is 0.112. The molecule has 23 heavy (non-hydrogen) atoms. The molecule has 0 spiro atoms. The fraction of sp³-hybridized carbons (Fsp3) is 0.278. The Morgan fingerprint density at radius 2 is 1.35 bits per heavy atom. The van der Waals surface area contributed by atoms with Crippen LogP contribution in [-0.2, 0) is 11.2 Å². The van der Waals surface area contributed by atoms with Gasteiger partial charge in [-0.2, -0.15) is 0 Å². The van der Waals surface area contributed by atoms with E-state index in [4.69, 9.17) is 0 Å². The van der Waals surface area contributed by atoms with Gasteiger partial charge in [-0.05, 0) is 42.0 Å². The van der Waals surface area contributed by atoms with Crippen LogP contribution in [0.3, 0.4) is 0 Å². The second kappa shape index (κ2) is 6.60. The van der Waals surface area contributed by atoms with Crippen molar-refractivity contribution in [1.82, 2.24) is 4.90 Å². The van der Waals surface area contributed by atoms with Gasteiger partial charge >= 0.3 is 0 Å². The van der Waals surface area contributed by atoms with Crippen LogP contribution in [0.5, 0.6) is 11.5 Å². The number of anilines is 1. The Morgan fingerprint density at radius 1 is 0.826 bits per heavy atom. The third-order valence-electron chi connectivity index (χ3n) is 4.14. The number of phenols is 2. The second-order valence-electron chi connectivity index (χ2n) is 5.73. The number of benzene rings is 2. The maximum Gasteiger partial charge on any atom is 0.227 e. The molecule has 0 atom stereocenters. The van der Waals surface area contributed by atoms with E-state index < -0.39 is 0 Å². The van der Waals surface area contributed by atoms with Crippen molar-refractivity contribution in [2.24, 2.45) is 0 Å². The largest absolute Gasteiger partial charge is 0.508 e. The highest BCUT2D eigenvalue weighted by atomic mass is 16.3. The highest BCUT2D eigenvalue weighted by molar-refractivity contribution is 5.79.